The molecule has 2 unspecified atom stereocenters. The van der Waals surface area contributed by atoms with Crippen LogP contribution in [0.1, 0.15) is 19.3 Å². The van der Waals surface area contributed by atoms with Crippen LogP contribution < -0.4 is 5.73 Å². The molecule has 2 atom stereocenters. The van der Waals surface area contributed by atoms with Gasteiger partial charge in [-0.25, -0.2) is 0 Å². The van der Waals surface area contributed by atoms with Crippen LogP contribution in [-0.2, 0) is 4.74 Å². The lowest BCUT2D eigenvalue weighted by Crippen LogP contribution is -2.39. The first-order chi connectivity index (χ1) is 6.85. The van der Waals surface area contributed by atoms with Crippen LogP contribution in [-0.4, -0.2) is 44.3 Å². The molecule has 1 saturated heterocycles. The third-order valence-electron chi connectivity index (χ3n) is 3.62. The molecular formula is C11H22N2O. The number of nitrogens with zero attached hydrogens (tertiary/aromatic N) is 1. The van der Waals surface area contributed by atoms with Gasteiger partial charge in [0.2, 0.25) is 0 Å². The van der Waals surface area contributed by atoms with E-state index in [0.717, 1.165) is 25.0 Å². The van der Waals surface area contributed by atoms with Crippen molar-refractivity contribution in [2.45, 2.75) is 25.3 Å². The zero-order valence-electron chi connectivity index (χ0n) is 9.11. The van der Waals surface area contributed by atoms with Crippen molar-refractivity contribution in [3.63, 3.8) is 0 Å². The Hall–Kier alpha value is -0.120. The Labute approximate surface area is 86.6 Å². The van der Waals surface area contributed by atoms with Crippen molar-refractivity contribution in [2.24, 2.45) is 17.6 Å². The van der Waals surface area contributed by atoms with Gasteiger partial charge in [-0.1, -0.05) is 0 Å². The number of likely N-dealkylation sites (tertiary alicyclic amines) is 1. The minimum absolute atomic E-state index is 0.677. The molecule has 0 aromatic carbocycles. The standard InChI is InChI=1S/C11H22N2O/c1-14-8-11(10-2-3-10)13-5-4-9(6-12)7-13/h9-11H,2-8,12H2,1H3. The fourth-order valence-electron chi connectivity index (χ4n) is 2.55. The van der Waals surface area contributed by atoms with E-state index >= 15 is 0 Å². The number of nitrogens with two attached hydrogens (primary N) is 1. The minimum atomic E-state index is 0.677. The highest BCUT2D eigenvalue weighted by Gasteiger charge is 2.37. The molecule has 3 nitrogen and oxygen atoms in total. The van der Waals surface area contributed by atoms with Crippen molar-refractivity contribution >= 4 is 0 Å². The first-order valence-electron chi connectivity index (χ1n) is 5.78. The quantitative estimate of drug-likeness (QED) is 0.706. The Kier molecular flexibility index (Phi) is 3.42. The van der Waals surface area contributed by atoms with Crippen LogP contribution in [0.5, 0.6) is 0 Å². The molecule has 0 amide bonds. The molecule has 3 heteroatoms. The van der Waals surface area contributed by atoms with Crippen molar-refractivity contribution in [1.29, 1.82) is 0 Å². The van der Waals surface area contributed by atoms with E-state index < -0.39 is 0 Å². The third-order valence-corrected chi connectivity index (χ3v) is 3.62. The maximum atomic E-state index is 5.70. The van der Waals surface area contributed by atoms with E-state index in [0.29, 0.717) is 6.04 Å². The van der Waals surface area contributed by atoms with Crippen molar-refractivity contribution in [3.05, 3.63) is 0 Å². The molecule has 2 rings (SSSR count). The third kappa shape index (κ3) is 2.27. The normalized spacial score (nSPS) is 30.9. The summed E-state index contributed by atoms with van der Waals surface area (Å²) in [6, 6.07) is 0.677. The van der Waals surface area contributed by atoms with Gasteiger partial charge >= 0.3 is 0 Å². The largest absolute Gasteiger partial charge is 0.383 e. The van der Waals surface area contributed by atoms with Crippen LogP contribution in [0.25, 0.3) is 0 Å². The molecule has 0 bridgehead atoms. The van der Waals surface area contributed by atoms with E-state index in [-0.39, 0.29) is 0 Å². The summed E-state index contributed by atoms with van der Waals surface area (Å²) in [6.07, 6.45) is 4.08. The van der Waals surface area contributed by atoms with Gasteiger partial charge in [0.25, 0.3) is 0 Å². The van der Waals surface area contributed by atoms with Gasteiger partial charge in [-0.05, 0) is 44.2 Å². The molecule has 2 fully saturated rings. The zero-order chi connectivity index (χ0) is 9.97. The molecule has 2 aliphatic rings. The summed E-state index contributed by atoms with van der Waals surface area (Å²) in [7, 11) is 1.81. The highest BCUT2D eigenvalue weighted by atomic mass is 16.5. The molecule has 0 radical (unpaired) electrons. The molecule has 1 heterocycles. The minimum Gasteiger partial charge on any atom is -0.383 e. The summed E-state index contributed by atoms with van der Waals surface area (Å²) in [5.41, 5.74) is 5.70. The topological polar surface area (TPSA) is 38.5 Å². The summed E-state index contributed by atoms with van der Waals surface area (Å²) >= 11 is 0. The van der Waals surface area contributed by atoms with Gasteiger partial charge < -0.3 is 10.5 Å². The van der Waals surface area contributed by atoms with E-state index in [9.17, 15) is 0 Å². The van der Waals surface area contributed by atoms with Crippen LogP contribution in [0.2, 0.25) is 0 Å². The van der Waals surface area contributed by atoms with Gasteiger partial charge in [0.15, 0.2) is 0 Å². The van der Waals surface area contributed by atoms with Crippen LogP contribution in [0.3, 0.4) is 0 Å². The average Bonchev–Trinajstić information content (AvgIpc) is 2.92. The maximum Gasteiger partial charge on any atom is 0.0620 e. The van der Waals surface area contributed by atoms with Crippen molar-refractivity contribution in [1.82, 2.24) is 4.90 Å². The molecule has 1 aliphatic carbocycles. The Bertz CT molecular complexity index is 182. The van der Waals surface area contributed by atoms with Crippen molar-refractivity contribution < 1.29 is 4.74 Å². The van der Waals surface area contributed by atoms with Gasteiger partial charge in [-0.15, -0.1) is 0 Å². The summed E-state index contributed by atoms with van der Waals surface area (Å²) in [5.74, 6) is 1.64. The highest BCUT2D eigenvalue weighted by Crippen LogP contribution is 2.37. The number of ether oxygens (including phenoxy) is 1. The van der Waals surface area contributed by atoms with Crippen molar-refractivity contribution in [3.8, 4) is 0 Å². The van der Waals surface area contributed by atoms with Crippen LogP contribution in [0.4, 0.5) is 0 Å². The Morgan fingerprint density at radius 3 is 2.71 bits per heavy atom. The fourth-order valence-corrected chi connectivity index (χ4v) is 2.55. The molecular weight excluding hydrogens is 176 g/mol. The molecule has 82 valence electrons. The van der Waals surface area contributed by atoms with Gasteiger partial charge in [0, 0.05) is 19.7 Å². The van der Waals surface area contributed by atoms with Crippen LogP contribution in [0, 0.1) is 11.8 Å². The molecule has 0 spiro atoms. The SMILES string of the molecule is COCC(C1CC1)N1CCC(CN)C1. The second-order valence-electron chi connectivity index (χ2n) is 4.75. The lowest BCUT2D eigenvalue weighted by atomic mass is 10.1. The molecule has 0 aromatic heterocycles. The summed E-state index contributed by atoms with van der Waals surface area (Å²) in [4.78, 5) is 2.60. The van der Waals surface area contributed by atoms with Gasteiger partial charge in [0.05, 0.1) is 6.61 Å². The monoisotopic (exact) mass is 198 g/mol. The summed E-state index contributed by atoms with van der Waals surface area (Å²) in [5, 5.41) is 0. The average molecular weight is 198 g/mol. The number of hydrogen-bond acceptors (Lipinski definition) is 3. The van der Waals surface area contributed by atoms with E-state index in [4.69, 9.17) is 10.5 Å². The molecule has 14 heavy (non-hydrogen) atoms. The zero-order valence-corrected chi connectivity index (χ0v) is 9.11. The van der Waals surface area contributed by atoms with Gasteiger partial charge in [-0.2, -0.15) is 0 Å². The fraction of sp³-hybridized carbons (Fsp3) is 1.00. The van der Waals surface area contributed by atoms with E-state index in [1.807, 2.05) is 7.11 Å². The van der Waals surface area contributed by atoms with E-state index in [1.54, 1.807) is 0 Å². The number of hydrogen-bond donors (Lipinski definition) is 1. The number of rotatable bonds is 5. The molecule has 1 aliphatic heterocycles. The lowest BCUT2D eigenvalue weighted by molar-refractivity contribution is 0.0907. The van der Waals surface area contributed by atoms with Crippen LogP contribution in [0.15, 0.2) is 0 Å². The smallest absolute Gasteiger partial charge is 0.0620 e. The second kappa shape index (κ2) is 4.60. The summed E-state index contributed by atoms with van der Waals surface area (Å²) in [6.45, 7) is 4.18. The Morgan fingerprint density at radius 2 is 2.21 bits per heavy atom. The predicted octanol–water partition coefficient (Wildman–Crippen LogP) is 0.692. The Balaban J connectivity index is 1.85. The molecule has 0 aromatic rings. The molecule has 1 saturated carbocycles. The lowest BCUT2D eigenvalue weighted by Gasteiger charge is -2.27. The predicted molar refractivity (Wildman–Crippen MR) is 57.1 cm³/mol. The highest BCUT2D eigenvalue weighted by molar-refractivity contribution is 4.91. The van der Waals surface area contributed by atoms with Crippen molar-refractivity contribution in [2.75, 3.05) is 33.4 Å². The first kappa shape index (κ1) is 10.4. The van der Waals surface area contributed by atoms with Gasteiger partial charge in [0.1, 0.15) is 0 Å². The maximum absolute atomic E-state index is 5.70. The second-order valence-corrected chi connectivity index (χ2v) is 4.75. The summed E-state index contributed by atoms with van der Waals surface area (Å²) < 4.78 is 5.31. The first-order valence-corrected chi connectivity index (χ1v) is 5.78. The van der Waals surface area contributed by atoms with E-state index in [2.05, 4.69) is 4.90 Å². The Morgan fingerprint density at radius 1 is 1.43 bits per heavy atom. The molecule has 2 N–H and O–H groups in total. The van der Waals surface area contributed by atoms with E-state index in [1.165, 1.54) is 32.4 Å². The van der Waals surface area contributed by atoms with Gasteiger partial charge in [-0.3, -0.25) is 4.90 Å². The van der Waals surface area contributed by atoms with Crippen LogP contribution >= 0.6 is 0 Å². The number of methoxy groups -OCH3 is 1.